The summed E-state index contributed by atoms with van der Waals surface area (Å²) in [6.45, 7) is 4.07. The molecule has 0 aromatic heterocycles. The van der Waals surface area contributed by atoms with E-state index in [-0.39, 0.29) is 0 Å². The average Bonchev–Trinajstić information content (AvgIpc) is 1.98. The van der Waals surface area contributed by atoms with E-state index in [2.05, 4.69) is 30.9 Å². The highest BCUT2D eigenvalue weighted by atomic mass is 14.2. The molecular weight excluding hydrogens is 132 g/mol. The molecule has 0 fully saturated rings. The molecule has 0 aliphatic heterocycles. The van der Waals surface area contributed by atoms with Gasteiger partial charge >= 0.3 is 0 Å². The van der Waals surface area contributed by atoms with Crippen LogP contribution >= 0.6 is 0 Å². The number of fused-ring (bicyclic) bond motifs is 3. The van der Waals surface area contributed by atoms with E-state index >= 15 is 0 Å². The van der Waals surface area contributed by atoms with Gasteiger partial charge in [-0.2, -0.15) is 0 Å². The van der Waals surface area contributed by atoms with Crippen LogP contribution in [0.4, 0.5) is 0 Å². The van der Waals surface area contributed by atoms with Crippen LogP contribution in [0.15, 0.2) is 36.5 Å². The molecule has 0 aromatic carbocycles. The summed E-state index contributed by atoms with van der Waals surface area (Å²) in [4.78, 5) is 0. The van der Waals surface area contributed by atoms with Crippen molar-refractivity contribution in [3.05, 3.63) is 36.5 Å². The van der Waals surface area contributed by atoms with Crippen molar-refractivity contribution in [3.63, 3.8) is 0 Å². The average molecular weight is 146 g/mol. The molecule has 0 nitrogen and oxygen atoms in total. The molecule has 0 radical (unpaired) electrons. The first-order valence-corrected chi connectivity index (χ1v) is 4.38. The molecular formula is C11H14. The van der Waals surface area contributed by atoms with E-state index in [1.54, 1.807) is 0 Å². The van der Waals surface area contributed by atoms with Gasteiger partial charge in [-0.25, -0.2) is 0 Å². The van der Waals surface area contributed by atoms with Crippen molar-refractivity contribution in [3.8, 4) is 0 Å². The molecule has 3 rings (SSSR count). The van der Waals surface area contributed by atoms with Crippen LogP contribution in [0.2, 0.25) is 0 Å². The van der Waals surface area contributed by atoms with Crippen molar-refractivity contribution >= 4 is 0 Å². The first kappa shape index (κ1) is 6.90. The lowest BCUT2D eigenvalue weighted by molar-refractivity contribution is 0.608. The van der Waals surface area contributed by atoms with Gasteiger partial charge in [-0.05, 0) is 31.1 Å². The Bertz CT molecular complexity index is 206. The van der Waals surface area contributed by atoms with Gasteiger partial charge in [-0.15, -0.1) is 0 Å². The van der Waals surface area contributed by atoms with Crippen molar-refractivity contribution in [1.82, 2.24) is 0 Å². The van der Waals surface area contributed by atoms with Crippen molar-refractivity contribution in [2.75, 3.05) is 0 Å². The standard InChI is InChI=1S/C11H14/c1-9-2-3-10-4-6-11(8-9)7-5-10/h4-7,10-11H,1-3,8H2. The third kappa shape index (κ3) is 1.45. The van der Waals surface area contributed by atoms with Crippen molar-refractivity contribution < 1.29 is 0 Å². The number of rotatable bonds is 0. The SMILES string of the molecule is C=C1CCC2C=CC(C=C2)C1. The summed E-state index contributed by atoms with van der Waals surface area (Å²) in [6, 6.07) is 0. The summed E-state index contributed by atoms with van der Waals surface area (Å²) in [5, 5.41) is 0. The predicted octanol–water partition coefficient (Wildman–Crippen LogP) is 3.08. The second kappa shape index (κ2) is 2.69. The maximum atomic E-state index is 4.07. The van der Waals surface area contributed by atoms with Gasteiger partial charge in [0.25, 0.3) is 0 Å². The largest absolute Gasteiger partial charge is 0.0998 e. The second-order valence-corrected chi connectivity index (χ2v) is 3.59. The van der Waals surface area contributed by atoms with Crippen molar-refractivity contribution in [2.45, 2.75) is 19.3 Å². The van der Waals surface area contributed by atoms with Gasteiger partial charge in [-0.1, -0.05) is 36.5 Å². The summed E-state index contributed by atoms with van der Waals surface area (Å²) in [5.41, 5.74) is 1.42. The lowest BCUT2D eigenvalue weighted by atomic mass is 9.84. The van der Waals surface area contributed by atoms with Crippen LogP contribution in [0.25, 0.3) is 0 Å². The zero-order valence-electron chi connectivity index (χ0n) is 6.79. The van der Waals surface area contributed by atoms with Gasteiger partial charge in [0.05, 0.1) is 0 Å². The molecule has 0 saturated heterocycles. The van der Waals surface area contributed by atoms with Crippen LogP contribution in [0.3, 0.4) is 0 Å². The maximum absolute atomic E-state index is 4.07. The molecule has 11 heavy (non-hydrogen) atoms. The van der Waals surface area contributed by atoms with Crippen LogP contribution in [-0.2, 0) is 0 Å². The molecule has 2 bridgehead atoms. The summed E-state index contributed by atoms with van der Waals surface area (Å²) in [5.74, 6) is 1.35. The lowest BCUT2D eigenvalue weighted by Gasteiger charge is -2.22. The highest BCUT2D eigenvalue weighted by Crippen LogP contribution is 2.29. The highest BCUT2D eigenvalue weighted by Gasteiger charge is 2.14. The summed E-state index contributed by atoms with van der Waals surface area (Å²) < 4.78 is 0. The van der Waals surface area contributed by atoms with Crippen molar-refractivity contribution in [2.24, 2.45) is 11.8 Å². The van der Waals surface area contributed by atoms with E-state index in [1.807, 2.05) is 0 Å². The van der Waals surface area contributed by atoms with Gasteiger partial charge in [-0.3, -0.25) is 0 Å². The minimum atomic E-state index is 0.652. The molecule has 0 unspecified atom stereocenters. The van der Waals surface area contributed by atoms with Crippen molar-refractivity contribution in [1.29, 1.82) is 0 Å². The second-order valence-electron chi connectivity index (χ2n) is 3.59. The number of hydrogen-bond acceptors (Lipinski definition) is 0. The fourth-order valence-corrected chi connectivity index (χ4v) is 1.83. The third-order valence-corrected chi connectivity index (χ3v) is 2.57. The van der Waals surface area contributed by atoms with Gasteiger partial charge in [0, 0.05) is 0 Å². The van der Waals surface area contributed by atoms with Crippen LogP contribution in [0.5, 0.6) is 0 Å². The maximum Gasteiger partial charge on any atom is -0.00160 e. The molecule has 3 aliphatic rings. The minimum absolute atomic E-state index is 0.652. The third-order valence-electron chi connectivity index (χ3n) is 2.57. The highest BCUT2D eigenvalue weighted by molar-refractivity contribution is 5.19. The molecule has 58 valence electrons. The van der Waals surface area contributed by atoms with Gasteiger partial charge < -0.3 is 0 Å². The first-order valence-electron chi connectivity index (χ1n) is 4.38. The molecule has 0 N–H and O–H groups in total. The minimum Gasteiger partial charge on any atom is -0.0998 e. The Morgan fingerprint density at radius 1 is 1.09 bits per heavy atom. The predicted molar refractivity (Wildman–Crippen MR) is 48.3 cm³/mol. The van der Waals surface area contributed by atoms with Gasteiger partial charge in [0.15, 0.2) is 0 Å². The number of allylic oxidation sites excluding steroid dienone is 5. The van der Waals surface area contributed by atoms with Crippen LogP contribution in [0, 0.1) is 11.8 Å². The van der Waals surface area contributed by atoms with E-state index in [0.717, 1.165) is 0 Å². The Morgan fingerprint density at radius 3 is 2.45 bits per heavy atom. The molecule has 0 spiro atoms. The van der Waals surface area contributed by atoms with Crippen LogP contribution < -0.4 is 0 Å². The topological polar surface area (TPSA) is 0 Å². The normalized spacial score (nSPS) is 35.5. The Hall–Kier alpha value is -0.780. The fourth-order valence-electron chi connectivity index (χ4n) is 1.83. The molecule has 0 amide bonds. The molecule has 0 atom stereocenters. The van der Waals surface area contributed by atoms with Crippen LogP contribution in [-0.4, -0.2) is 0 Å². The molecule has 3 aliphatic carbocycles. The summed E-state index contributed by atoms with van der Waals surface area (Å²) in [6.07, 6.45) is 13.0. The lowest BCUT2D eigenvalue weighted by Crippen LogP contribution is -2.07. The quantitative estimate of drug-likeness (QED) is 0.461. The zero-order valence-corrected chi connectivity index (χ0v) is 6.79. The van der Waals surface area contributed by atoms with E-state index in [4.69, 9.17) is 0 Å². The fraction of sp³-hybridized carbons (Fsp3) is 0.455. The molecule has 0 heterocycles. The molecule has 0 heteroatoms. The van der Waals surface area contributed by atoms with E-state index in [9.17, 15) is 0 Å². The van der Waals surface area contributed by atoms with Crippen LogP contribution in [0.1, 0.15) is 19.3 Å². The zero-order chi connectivity index (χ0) is 7.68. The number of hydrogen-bond donors (Lipinski definition) is 0. The van der Waals surface area contributed by atoms with E-state index in [1.165, 1.54) is 24.8 Å². The smallest absolute Gasteiger partial charge is 0.00160 e. The van der Waals surface area contributed by atoms with E-state index < -0.39 is 0 Å². The Labute approximate surface area is 68.3 Å². The first-order chi connectivity index (χ1) is 5.34. The Morgan fingerprint density at radius 2 is 1.73 bits per heavy atom. The van der Waals surface area contributed by atoms with Gasteiger partial charge in [0.1, 0.15) is 0 Å². The molecule has 0 saturated carbocycles. The summed E-state index contributed by atoms with van der Waals surface area (Å²) >= 11 is 0. The van der Waals surface area contributed by atoms with Gasteiger partial charge in [0.2, 0.25) is 0 Å². The Balaban J connectivity index is 2.20. The van der Waals surface area contributed by atoms with E-state index in [0.29, 0.717) is 11.8 Å². The summed E-state index contributed by atoms with van der Waals surface area (Å²) in [7, 11) is 0. The molecule has 0 aromatic rings. The monoisotopic (exact) mass is 146 g/mol. The Kier molecular flexibility index (Phi) is 1.69.